The molecule has 3 rings (SSSR count). The minimum atomic E-state index is -0.579. The van der Waals surface area contributed by atoms with E-state index in [0.29, 0.717) is 10.6 Å². The zero-order chi connectivity index (χ0) is 18.6. The fourth-order valence-corrected chi connectivity index (χ4v) is 5.32. The Kier molecular flexibility index (Phi) is 6.19. The summed E-state index contributed by atoms with van der Waals surface area (Å²) in [5.41, 5.74) is 0.0447. The molecule has 26 heavy (non-hydrogen) atoms. The topological polar surface area (TPSA) is 58.6 Å². The molecule has 5 nitrogen and oxygen atoms in total. The van der Waals surface area contributed by atoms with Crippen LogP contribution < -0.4 is 5.32 Å². The maximum atomic E-state index is 12.8. The van der Waals surface area contributed by atoms with Gasteiger partial charge in [-0.1, -0.05) is 30.4 Å². The fourth-order valence-electron chi connectivity index (χ4n) is 3.66. The van der Waals surface area contributed by atoms with E-state index in [9.17, 15) is 9.59 Å². The van der Waals surface area contributed by atoms with Crippen LogP contribution in [0.15, 0.2) is 30.3 Å². The molecule has 0 spiro atoms. The number of thiocarbonyl (C=S) groups is 1. The molecule has 0 aromatic heterocycles. The number of methoxy groups -OCH3 is 1. The van der Waals surface area contributed by atoms with Crippen LogP contribution in [0.5, 0.6) is 0 Å². The number of hydrogen-bond donors (Lipinski definition) is 1. The molecule has 2 saturated heterocycles. The number of ether oxygens (including phenoxy) is 1. The highest BCUT2D eigenvalue weighted by atomic mass is 32.2. The van der Waals surface area contributed by atoms with Crippen LogP contribution in [-0.2, 0) is 9.53 Å². The Hall–Kier alpha value is -1.60. The highest BCUT2D eigenvalue weighted by Crippen LogP contribution is 2.33. The molecule has 1 aromatic carbocycles. The minimum Gasteiger partial charge on any atom is -0.467 e. The van der Waals surface area contributed by atoms with Crippen LogP contribution in [0.25, 0.3) is 0 Å². The lowest BCUT2D eigenvalue weighted by molar-refractivity contribution is -0.144. The van der Waals surface area contributed by atoms with E-state index in [-0.39, 0.29) is 17.9 Å². The van der Waals surface area contributed by atoms with E-state index < -0.39 is 5.54 Å². The molecule has 0 saturated carbocycles. The number of thioether (sulfide) groups is 1. The summed E-state index contributed by atoms with van der Waals surface area (Å²) in [6.45, 7) is 0.731. The Bertz CT molecular complexity index is 675. The van der Waals surface area contributed by atoms with Crippen molar-refractivity contribution in [2.75, 3.05) is 25.2 Å². The van der Waals surface area contributed by atoms with Gasteiger partial charge in [0.05, 0.1) is 12.6 Å². The van der Waals surface area contributed by atoms with E-state index in [0.717, 1.165) is 43.7 Å². The maximum Gasteiger partial charge on any atom is 0.328 e. The van der Waals surface area contributed by atoms with E-state index in [1.165, 1.54) is 7.11 Å². The Morgan fingerprint density at radius 3 is 2.62 bits per heavy atom. The number of benzene rings is 1. The van der Waals surface area contributed by atoms with Gasteiger partial charge in [-0.3, -0.25) is 4.79 Å². The summed E-state index contributed by atoms with van der Waals surface area (Å²) < 4.78 is 4.95. The number of carbonyl (C=O) groups excluding carboxylic acids is 2. The first-order chi connectivity index (χ1) is 12.6. The minimum absolute atomic E-state index is 0.117. The van der Waals surface area contributed by atoms with Gasteiger partial charge in [0.2, 0.25) is 0 Å². The van der Waals surface area contributed by atoms with Crippen molar-refractivity contribution in [1.29, 1.82) is 0 Å². The van der Waals surface area contributed by atoms with Crippen LogP contribution in [0.2, 0.25) is 0 Å². The first-order valence-corrected chi connectivity index (χ1v) is 10.5. The Labute approximate surface area is 163 Å². The molecule has 1 amide bonds. The lowest BCUT2D eigenvalue weighted by atomic mass is 9.90. The number of hydrogen-bond acceptors (Lipinski definition) is 5. The number of likely N-dealkylation sites (tertiary alicyclic amines) is 1. The van der Waals surface area contributed by atoms with Gasteiger partial charge in [-0.05, 0) is 49.3 Å². The third-order valence-corrected chi connectivity index (χ3v) is 6.74. The maximum absolute atomic E-state index is 12.8. The molecule has 0 aliphatic carbocycles. The highest BCUT2D eigenvalue weighted by Gasteiger charge is 2.45. The number of esters is 1. The standard InChI is InChI=1S/C19H24N2O3S2/c1-24-17(23)15-8-5-11-21(15)18(25)19(9-12-26-13-10-19)20-16(22)14-6-3-2-4-7-14/h2-4,6-7,15H,5,8-13H2,1H3,(H,20,22)/t15-/m0/s1. The summed E-state index contributed by atoms with van der Waals surface area (Å²) >= 11 is 7.72. The fraction of sp³-hybridized carbons (Fsp3) is 0.526. The van der Waals surface area contributed by atoms with Gasteiger partial charge in [0, 0.05) is 12.1 Å². The quantitative estimate of drug-likeness (QED) is 0.628. The van der Waals surface area contributed by atoms with Crippen LogP contribution in [0.3, 0.4) is 0 Å². The smallest absolute Gasteiger partial charge is 0.328 e. The van der Waals surface area contributed by atoms with Crippen molar-refractivity contribution < 1.29 is 14.3 Å². The molecule has 0 radical (unpaired) electrons. The Balaban J connectivity index is 1.84. The molecule has 140 valence electrons. The van der Waals surface area contributed by atoms with Crippen molar-refractivity contribution in [1.82, 2.24) is 10.2 Å². The van der Waals surface area contributed by atoms with Crippen molar-refractivity contribution in [2.45, 2.75) is 37.3 Å². The first-order valence-electron chi connectivity index (χ1n) is 8.91. The molecule has 2 aliphatic rings. The molecule has 2 fully saturated rings. The van der Waals surface area contributed by atoms with E-state index in [1.54, 1.807) is 12.1 Å². The molecule has 0 unspecified atom stereocenters. The lowest BCUT2D eigenvalue weighted by Gasteiger charge is -2.42. The molecular weight excluding hydrogens is 368 g/mol. The van der Waals surface area contributed by atoms with Crippen molar-refractivity contribution >= 4 is 40.8 Å². The van der Waals surface area contributed by atoms with Crippen LogP contribution in [-0.4, -0.2) is 58.5 Å². The largest absolute Gasteiger partial charge is 0.467 e. The third kappa shape index (κ3) is 3.88. The second-order valence-corrected chi connectivity index (χ2v) is 8.31. The molecule has 2 aliphatic heterocycles. The molecular formula is C19H24N2O3S2. The summed E-state index contributed by atoms with van der Waals surface area (Å²) in [6, 6.07) is 8.86. The van der Waals surface area contributed by atoms with Gasteiger partial charge >= 0.3 is 5.97 Å². The number of amides is 1. The monoisotopic (exact) mass is 392 g/mol. The predicted molar refractivity (Wildman–Crippen MR) is 108 cm³/mol. The number of rotatable bonds is 4. The third-order valence-electron chi connectivity index (χ3n) is 5.13. The second kappa shape index (κ2) is 8.39. The zero-order valence-electron chi connectivity index (χ0n) is 14.9. The average molecular weight is 393 g/mol. The van der Waals surface area contributed by atoms with E-state index in [1.807, 2.05) is 34.9 Å². The SMILES string of the molecule is COC(=O)[C@@H]1CCCN1C(=S)C1(NC(=O)c2ccccc2)CCSCC1. The van der Waals surface area contributed by atoms with Crippen molar-refractivity contribution in [3.8, 4) is 0 Å². The summed E-state index contributed by atoms with van der Waals surface area (Å²) in [4.78, 5) is 27.6. The van der Waals surface area contributed by atoms with Crippen LogP contribution in [0.4, 0.5) is 0 Å². The highest BCUT2D eigenvalue weighted by molar-refractivity contribution is 7.99. The first kappa shape index (κ1) is 19.2. The zero-order valence-corrected chi connectivity index (χ0v) is 16.5. The van der Waals surface area contributed by atoms with Crippen LogP contribution in [0, 0.1) is 0 Å². The second-order valence-electron chi connectivity index (χ2n) is 6.69. The molecule has 1 aromatic rings. The Morgan fingerprint density at radius 2 is 1.96 bits per heavy atom. The molecule has 1 atom stereocenters. The van der Waals surface area contributed by atoms with Crippen LogP contribution in [0.1, 0.15) is 36.0 Å². The van der Waals surface area contributed by atoms with Crippen molar-refractivity contribution in [2.24, 2.45) is 0 Å². The molecule has 1 N–H and O–H groups in total. The van der Waals surface area contributed by atoms with Gasteiger partial charge in [-0.2, -0.15) is 11.8 Å². The van der Waals surface area contributed by atoms with Gasteiger partial charge in [0.25, 0.3) is 5.91 Å². The van der Waals surface area contributed by atoms with Gasteiger partial charge in [0.1, 0.15) is 11.0 Å². The average Bonchev–Trinajstić information content (AvgIpc) is 3.17. The van der Waals surface area contributed by atoms with Gasteiger partial charge in [0.15, 0.2) is 0 Å². The molecule has 7 heteroatoms. The van der Waals surface area contributed by atoms with Crippen molar-refractivity contribution in [3.63, 3.8) is 0 Å². The molecule has 2 heterocycles. The summed E-state index contributed by atoms with van der Waals surface area (Å²) in [6.07, 6.45) is 3.20. The Morgan fingerprint density at radius 1 is 1.27 bits per heavy atom. The van der Waals surface area contributed by atoms with E-state index >= 15 is 0 Å². The van der Waals surface area contributed by atoms with Crippen LogP contribution >= 0.6 is 24.0 Å². The van der Waals surface area contributed by atoms with Gasteiger partial charge in [-0.25, -0.2) is 4.79 Å². The molecule has 0 bridgehead atoms. The number of nitrogens with zero attached hydrogens (tertiary/aromatic N) is 1. The normalized spacial score (nSPS) is 21.9. The van der Waals surface area contributed by atoms with E-state index in [4.69, 9.17) is 17.0 Å². The number of carbonyl (C=O) groups is 2. The number of nitrogens with one attached hydrogen (secondary N) is 1. The van der Waals surface area contributed by atoms with Gasteiger partial charge < -0.3 is 15.0 Å². The predicted octanol–water partition coefficient (Wildman–Crippen LogP) is 2.65. The van der Waals surface area contributed by atoms with Crippen molar-refractivity contribution in [3.05, 3.63) is 35.9 Å². The summed E-state index contributed by atoms with van der Waals surface area (Å²) in [5.74, 6) is 1.51. The van der Waals surface area contributed by atoms with Gasteiger partial charge in [-0.15, -0.1) is 0 Å². The van der Waals surface area contributed by atoms with E-state index in [2.05, 4.69) is 5.32 Å². The summed E-state index contributed by atoms with van der Waals surface area (Å²) in [5, 5.41) is 3.22. The lowest BCUT2D eigenvalue weighted by Crippen LogP contribution is -2.62. The summed E-state index contributed by atoms with van der Waals surface area (Å²) in [7, 11) is 1.41.